The predicted molar refractivity (Wildman–Crippen MR) is 155 cm³/mol. The molecular weight excluding hydrogens is 436 g/mol. The third kappa shape index (κ3) is 6.18. The van der Waals surface area contributed by atoms with Crippen molar-refractivity contribution in [3.63, 3.8) is 0 Å². The summed E-state index contributed by atoms with van der Waals surface area (Å²) in [5, 5.41) is 0. The van der Waals surface area contributed by atoms with Crippen LogP contribution in [0.25, 0.3) is 0 Å². The van der Waals surface area contributed by atoms with Crippen LogP contribution >= 0.6 is 0 Å². The van der Waals surface area contributed by atoms with Gasteiger partial charge in [0.25, 0.3) is 0 Å². The van der Waals surface area contributed by atoms with Crippen LogP contribution in [-0.2, 0) is 18.3 Å². The third-order valence-corrected chi connectivity index (χ3v) is 7.42. The van der Waals surface area contributed by atoms with E-state index in [1.54, 1.807) is 0 Å². The predicted octanol–water partition coefficient (Wildman–Crippen LogP) is 8.31. The molecule has 0 radical (unpaired) electrons. The number of nitrogens with two attached hydrogens (primary N) is 2. The minimum atomic E-state index is 0.0458. The molecule has 0 spiro atoms. The molecule has 0 fully saturated rings. The van der Waals surface area contributed by atoms with Crippen molar-refractivity contribution < 1.29 is 0 Å². The average Bonchev–Trinajstić information content (AvgIpc) is 2.90. The third-order valence-electron chi connectivity index (χ3n) is 7.42. The maximum atomic E-state index is 5.86. The van der Waals surface area contributed by atoms with E-state index in [0.29, 0.717) is 0 Å². The Balaban J connectivity index is 1.61. The summed E-state index contributed by atoms with van der Waals surface area (Å²) >= 11 is 0. The van der Waals surface area contributed by atoms with E-state index < -0.39 is 0 Å². The minimum Gasteiger partial charge on any atom is -0.399 e. The number of unbranched alkanes of at least 4 members (excludes halogenated alkanes) is 1. The van der Waals surface area contributed by atoms with Gasteiger partial charge in [0.15, 0.2) is 0 Å². The highest BCUT2D eigenvalue weighted by Crippen LogP contribution is 2.42. The maximum absolute atomic E-state index is 5.86. The van der Waals surface area contributed by atoms with E-state index in [-0.39, 0.29) is 5.41 Å². The molecule has 0 heterocycles. The molecule has 186 valence electrons. The lowest BCUT2D eigenvalue weighted by molar-refractivity contribution is 0.415. The van der Waals surface area contributed by atoms with E-state index in [2.05, 4.69) is 86.6 Å². The van der Waals surface area contributed by atoms with Gasteiger partial charge in [0.1, 0.15) is 0 Å². The van der Waals surface area contributed by atoms with Gasteiger partial charge in [-0.2, -0.15) is 0 Å². The zero-order valence-electron chi connectivity index (χ0n) is 21.8. The molecule has 0 aliphatic heterocycles. The molecule has 0 amide bonds. The van der Waals surface area contributed by atoms with Crippen molar-refractivity contribution in [2.45, 2.75) is 64.2 Å². The normalized spacial score (nSPS) is 11.5. The van der Waals surface area contributed by atoms with Crippen LogP contribution in [0, 0.1) is 0 Å². The number of rotatable bonds is 11. The topological polar surface area (TPSA) is 52.0 Å². The second kappa shape index (κ2) is 11.9. The summed E-state index contributed by atoms with van der Waals surface area (Å²) in [6, 6.07) is 35.2. The van der Waals surface area contributed by atoms with Crippen LogP contribution in [0.2, 0.25) is 0 Å². The summed E-state index contributed by atoms with van der Waals surface area (Å²) < 4.78 is 0. The second-order valence-corrected chi connectivity index (χ2v) is 10.2. The van der Waals surface area contributed by atoms with Gasteiger partial charge < -0.3 is 11.5 Å². The van der Waals surface area contributed by atoms with Crippen LogP contribution in [0.3, 0.4) is 0 Å². The van der Waals surface area contributed by atoms with Crippen LogP contribution < -0.4 is 11.5 Å². The first kappa shape index (κ1) is 25.6. The number of hydrogen-bond acceptors (Lipinski definition) is 2. The van der Waals surface area contributed by atoms with Gasteiger partial charge in [-0.05, 0) is 83.3 Å². The second-order valence-electron chi connectivity index (χ2n) is 10.2. The van der Waals surface area contributed by atoms with Crippen molar-refractivity contribution >= 4 is 11.4 Å². The van der Waals surface area contributed by atoms with Crippen molar-refractivity contribution in [1.82, 2.24) is 0 Å². The van der Waals surface area contributed by atoms with Crippen molar-refractivity contribution in [2.75, 3.05) is 11.5 Å². The molecule has 0 aromatic heterocycles. The van der Waals surface area contributed by atoms with Crippen LogP contribution in [0.15, 0.2) is 97.1 Å². The van der Waals surface area contributed by atoms with Crippen LogP contribution in [-0.4, -0.2) is 0 Å². The first-order valence-corrected chi connectivity index (χ1v) is 13.4. The lowest BCUT2D eigenvalue weighted by atomic mass is 9.68. The standard InChI is InChI=1S/C34H40N2/c1-3-5-23-34(22-4-2,30-14-6-26(7-15-30)24-28-10-18-32(35)19-11-28)31-16-8-27(9-17-31)25-29-12-20-33(36)21-13-29/h6-21H,3-5,22-25,35-36H2,1-2H3. The van der Waals surface area contributed by atoms with E-state index in [4.69, 9.17) is 11.5 Å². The molecule has 36 heavy (non-hydrogen) atoms. The van der Waals surface area contributed by atoms with Crippen LogP contribution in [0.1, 0.15) is 79.3 Å². The number of nitrogen functional groups attached to an aromatic ring is 2. The van der Waals surface area contributed by atoms with E-state index >= 15 is 0 Å². The Labute approximate surface area is 217 Å². The maximum Gasteiger partial charge on any atom is 0.0314 e. The van der Waals surface area contributed by atoms with Gasteiger partial charge in [0.05, 0.1) is 0 Å². The molecule has 4 aromatic carbocycles. The number of benzene rings is 4. The van der Waals surface area contributed by atoms with Gasteiger partial charge in [-0.25, -0.2) is 0 Å². The molecule has 0 aliphatic rings. The molecule has 4 aromatic rings. The fraction of sp³-hybridized carbons (Fsp3) is 0.294. The highest BCUT2D eigenvalue weighted by Gasteiger charge is 2.32. The lowest BCUT2D eigenvalue weighted by Crippen LogP contribution is -2.28. The van der Waals surface area contributed by atoms with Crippen LogP contribution in [0.4, 0.5) is 11.4 Å². The molecule has 0 bridgehead atoms. The quantitative estimate of drug-likeness (QED) is 0.214. The van der Waals surface area contributed by atoms with Crippen molar-refractivity contribution in [3.8, 4) is 0 Å². The van der Waals surface area contributed by atoms with Gasteiger partial charge in [0.2, 0.25) is 0 Å². The number of anilines is 2. The van der Waals surface area contributed by atoms with Gasteiger partial charge in [-0.1, -0.05) is 106 Å². The lowest BCUT2D eigenvalue weighted by Gasteiger charge is -2.36. The summed E-state index contributed by atoms with van der Waals surface area (Å²) in [5.41, 5.74) is 21.5. The van der Waals surface area contributed by atoms with Crippen molar-refractivity contribution in [2.24, 2.45) is 0 Å². The van der Waals surface area contributed by atoms with Gasteiger partial charge >= 0.3 is 0 Å². The van der Waals surface area contributed by atoms with Gasteiger partial charge in [0, 0.05) is 16.8 Å². The Morgan fingerprint density at radius 2 is 0.833 bits per heavy atom. The largest absolute Gasteiger partial charge is 0.399 e. The molecule has 0 aliphatic carbocycles. The Morgan fingerprint density at radius 3 is 1.17 bits per heavy atom. The average molecular weight is 477 g/mol. The highest BCUT2D eigenvalue weighted by atomic mass is 14.5. The summed E-state index contributed by atoms with van der Waals surface area (Å²) in [7, 11) is 0. The van der Waals surface area contributed by atoms with Gasteiger partial charge in [-0.15, -0.1) is 0 Å². The molecule has 2 heteroatoms. The summed E-state index contributed by atoms with van der Waals surface area (Å²) in [4.78, 5) is 0. The first-order chi connectivity index (χ1) is 17.5. The summed E-state index contributed by atoms with van der Waals surface area (Å²) in [6.07, 6.45) is 7.76. The number of hydrogen-bond donors (Lipinski definition) is 2. The smallest absolute Gasteiger partial charge is 0.0314 e. The first-order valence-electron chi connectivity index (χ1n) is 13.4. The Bertz CT molecular complexity index is 1110. The Morgan fingerprint density at radius 1 is 0.472 bits per heavy atom. The molecule has 4 rings (SSSR count). The monoisotopic (exact) mass is 476 g/mol. The molecular formula is C34H40N2. The van der Waals surface area contributed by atoms with Crippen molar-refractivity contribution in [1.29, 1.82) is 0 Å². The Hall–Kier alpha value is -3.52. The molecule has 0 saturated carbocycles. The fourth-order valence-electron chi connectivity index (χ4n) is 5.40. The minimum absolute atomic E-state index is 0.0458. The van der Waals surface area contributed by atoms with E-state index in [0.717, 1.165) is 37.1 Å². The molecule has 0 saturated heterocycles. The van der Waals surface area contributed by atoms with Gasteiger partial charge in [-0.3, -0.25) is 0 Å². The molecule has 0 atom stereocenters. The zero-order chi connectivity index (χ0) is 25.4. The fourth-order valence-corrected chi connectivity index (χ4v) is 5.40. The SMILES string of the molecule is CCCCC(CCC)(c1ccc(Cc2ccc(N)cc2)cc1)c1ccc(Cc2ccc(N)cc2)cc1. The molecule has 4 N–H and O–H groups in total. The summed E-state index contributed by atoms with van der Waals surface area (Å²) in [5.74, 6) is 0. The molecule has 0 unspecified atom stereocenters. The highest BCUT2D eigenvalue weighted by molar-refractivity contribution is 5.45. The van der Waals surface area contributed by atoms with E-state index in [1.165, 1.54) is 52.6 Å². The van der Waals surface area contributed by atoms with E-state index in [1.807, 2.05) is 24.3 Å². The summed E-state index contributed by atoms with van der Waals surface area (Å²) in [6.45, 7) is 4.60. The van der Waals surface area contributed by atoms with E-state index in [9.17, 15) is 0 Å². The molecule has 2 nitrogen and oxygen atoms in total. The van der Waals surface area contributed by atoms with Crippen molar-refractivity contribution in [3.05, 3.63) is 130 Å². The Kier molecular flexibility index (Phi) is 8.48. The van der Waals surface area contributed by atoms with Crippen LogP contribution in [0.5, 0.6) is 0 Å². The zero-order valence-corrected chi connectivity index (χ0v) is 21.8.